The number of hydrazone groups is 1. The Morgan fingerprint density at radius 2 is 2.42 bits per heavy atom. The Morgan fingerprint density at radius 3 is 3.08 bits per heavy atom. The van der Waals surface area contributed by atoms with Gasteiger partial charge in [-0.25, -0.2) is 10.2 Å². The van der Waals surface area contributed by atoms with E-state index in [1.54, 1.807) is 0 Å². The lowest BCUT2D eigenvalue weighted by Crippen LogP contribution is -2.36. The summed E-state index contributed by atoms with van der Waals surface area (Å²) < 4.78 is 0. The van der Waals surface area contributed by atoms with Crippen LogP contribution in [0.2, 0.25) is 0 Å². The molecular weight excluding hydrogens is 154 g/mol. The fraction of sp³-hybridized carbons (Fsp3) is 0.750. The monoisotopic (exact) mass is 167 g/mol. The first-order valence-corrected chi connectivity index (χ1v) is 4.39. The summed E-state index contributed by atoms with van der Waals surface area (Å²) in [5, 5.41) is 3.96. The molecule has 0 aromatic rings. The molecule has 0 radical (unpaired) electrons. The molecule has 0 spiro atoms. The molecule has 2 fully saturated rings. The van der Waals surface area contributed by atoms with Gasteiger partial charge in [-0.2, -0.15) is 5.10 Å². The number of hydrogen-bond acceptors (Lipinski definition) is 2. The number of primary amides is 1. The second-order valence-electron chi connectivity index (χ2n) is 3.58. The highest BCUT2D eigenvalue weighted by Crippen LogP contribution is 2.44. The number of urea groups is 1. The van der Waals surface area contributed by atoms with Gasteiger partial charge in [-0.1, -0.05) is 6.42 Å². The van der Waals surface area contributed by atoms with Crippen LogP contribution in [0.5, 0.6) is 0 Å². The minimum atomic E-state index is -0.566. The number of carbonyl (C=O) groups is 1. The van der Waals surface area contributed by atoms with Crippen molar-refractivity contribution < 1.29 is 4.79 Å². The van der Waals surface area contributed by atoms with Crippen LogP contribution in [0.4, 0.5) is 4.79 Å². The average Bonchev–Trinajstić information content (AvgIpc) is 2.32. The van der Waals surface area contributed by atoms with Crippen LogP contribution in [0.3, 0.4) is 0 Å². The van der Waals surface area contributed by atoms with Gasteiger partial charge >= 0.3 is 6.03 Å². The van der Waals surface area contributed by atoms with Crippen LogP contribution in [0.25, 0.3) is 0 Å². The first-order chi connectivity index (χ1) is 5.77. The van der Waals surface area contributed by atoms with Crippen molar-refractivity contribution >= 4 is 11.7 Å². The van der Waals surface area contributed by atoms with Crippen molar-refractivity contribution in [1.82, 2.24) is 5.43 Å². The molecule has 0 unspecified atom stereocenters. The van der Waals surface area contributed by atoms with E-state index in [2.05, 4.69) is 10.5 Å². The van der Waals surface area contributed by atoms with Gasteiger partial charge in [0.2, 0.25) is 0 Å². The summed E-state index contributed by atoms with van der Waals surface area (Å²) >= 11 is 0. The van der Waals surface area contributed by atoms with Gasteiger partial charge < -0.3 is 5.73 Å². The number of nitrogens with one attached hydrogen (secondary N) is 1. The van der Waals surface area contributed by atoms with Gasteiger partial charge in [-0.3, -0.25) is 0 Å². The third-order valence-electron chi connectivity index (χ3n) is 2.87. The smallest absolute Gasteiger partial charge is 0.332 e. The van der Waals surface area contributed by atoms with Crippen LogP contribution in [-0.4, -0.2) is 11.7 Å². The van der Waals surface area contributed by atoms with E-state index in [0.717, 1.165) is 18.1 Å². The molecular formula is C8H13N3O. The molecule has 2 aliphatic carbocycles. The zero-order chi connectivity index (χ0) is 8.55. The van der Waals surface area contributed by atoms with Gasteiger partial charge in [0.05, 0.1) is 0 Å². The number of carbonyl (C=O) groups excluding carboxylic acids is 1. The molecule has 12 heavy (non-hydrogen) atoms. The lowest BCUT2D eigenvalue weighted by atomic mass is 9.74. The first-order valence-electron chi connectivity index (χ1n) is 4.39. The van der Waals surface area contributed by atoms with Crippen LogP contribution >= 0.6 is 0 Å². The Morgan fingerprint density at radius 1 is 1.58 bits per heavy atom. The molecule has 0 aromatic carbocycles. The lowest BCUT2D eigenvalue weighted by molar-refractivity contribution is 0.249. The molecule has 66 valence electrons. The normalized spacial score (nSPS) is 35.8. The molecule has 2 rings (SSSR count). The summed E-state index contributed by atoms with van der Waals surface area (Å²) in [6.45, 7) is 0. The molecule has 2 amide bonds. The number of fused-ring (bicyclic) bond motifs is 1. The van der Waals surface area contributed by atoms with E-state index in [9.17, 15) is 4.79 Å². The highest BCUT2D eigenvalue weighted by molar-refractivity contribution is 5.93. The Labute approximate surface area is 71.2 Å². The van der Waals surface area contributed by atoms with Crippen molar-refractivity contribution in [2.75, 3.05) is 0 Å². The van der Waals surface area contributed by atoms with E-state index in [0.29, 0.717) is 5.92 Å². The number of rotatable bonds is 1. The Hall–Kier alpha value is -1.06. The van der Waals surface area contributed by atoms with Gasteiger partial charge in [0.25, 0.3) is 0 Å². The average molecular weight is 167 g/mol. The highest BCUT2D eigenvalue weighted by atomic mass is 16.2. The minimum absolute atomic E-state index is 0.566. The lowest BCUT2D eigenvalue weighted by Gasteiger charge is -2.31. The zero-order valence-corrected chi connectivity index (χ0v) is 6.92. The standard InChI is InChI=1S/C8H13N3O/c9-8(12)11-10-7-4-5-2-1-3-6(5)7/h5-6H,1-4H2,(H3,9,11,12)/b10-7+/t5-,6-/m1/s1. The van der Waals surface area contributed by atoms with Crippen LogP contribution in [-0.2, 0) is 0 Å². The topological polar surface area (TPSA) is 67.5 Å². The van der Waals surface area contributed by atoms with Crippen molar-refractivity contribution in [2.24, 2.45) is 22.7 Å². The zero-order valence-electron chi connectivity index (χ0n) is 6.92. The fourth-order valence-electron chi connectivity index (χ4n) is 2.23. The molecule has 2 saturated carbocycles. The van der Waals surface area contributed by atoms with Crippen molar-refractivity contribution in [3.05, 3.63) is 0 Å². The van der Waals surface area contributed by atoms with Gasteiger partial charge in [0.15, 0.2) is 0 Å². The van der Waals surface area contributed by atoms with Gasteiger partial charge in [-0.05, 0) is 25.2 Å². The third-order valence-corrected chi connectivity index (χ3v) is 2.87. The van der Waals surface area contributed by atoms with Gasteiger partial charge in [-0.15, -0.1) is 0 Å². The summed E-state index contributed by atoms with van der Waals surface area (Å²) in [5.41, 5.74) is 8.32. The molecule has 4 heteroatoms. The van der Waals surface area contributed by atoms with Crippen molar-refractivity contribution in [3.63, 3.8) is 0 Å². The van der Waals surface area contributed by atoms with Crippen LogP contribution in [0.15, 0.2) is 5.10 Å². The maximum Gasteiger partial charge on any atom is 0.332 e. The second kappa shape index (κ2) is 2.77. The fourth-order valence-corrected chi connectivity index (χ4v) is 2.23. The van der Waals surface area contributed by atoms with Crippen molar-refractivity contribution in [3.8, 4) is 0 Å². The van der Waals surface area contributed by atoms with Gasteiger partial charge in [0.1, 0.15) is 0 Å². The van der Waals surface area contributed by atoms with E-state index in [1.165, 1.54) is 19.3 Å². The number of nitrogens with two attached hydrogens (primary N) is 1. The van der Waals surface area contributed by atoms with Crippen molar-refractivity contribution in [2.45, 2.75) is 25.7 Å². The molecule has 0 aromatic heterocycles. The Balaban J connectivity index is 1.91. The van der Waals surface area contributed by atoms with E-state index in [1.807, 2.05) is 0 Å². The maximum atomic E-state index is 10.3. The van der Waals surface area contributed by atoms with E-state index < -0.39 is 6.03 Å². The summed E-state index contributed by atoms with van der Waals surface area (Å²) in [7, 11) is 0. The number of amides is 2. The van der Waals surface area contributed by atoms with E-state index in [-0.39, 0.29) is 0 Å². The minimum Gasteiger partial charge on any atom is -0.350 e. The molecule has 3 N–H and O–H groups in total. The summed E-state index contributed by atoms with van der Waals surface area (Å²) in [5.74, 6) is 1.50. The van der Waals surface area contributed by atoms with Crippen molar-refractivity contribution in [1.29, 1.82) is 0 Å². The molecule has 2 aliphatic rings. The molecule has 0 bridgehead atoms. The summed E-state index contributed by atoms with van der Waals surface area (Å²) in [6, 6.07) is -0.566. The van der Waals surface area contributed by atoms with E-state index in [4.69, 9.17) is 5.73 Å². The molecule has 4 nitrogen and oxygen atoms in total. The Kier molecular flexibility index (Phi) is 1.75. The van der Waals surface area contributed by atoms with Crippen LogP contribution < -0.4 is 11.2 Å². The molecule has 2 atom stereocenters. The quantitative estimate of drug-likeness (QED) is 0.558. The predicted octanol–water partition coefficient (Wildman–Crippen LogP) is 0.831. The molecule has 0 aliphatic heterocycles. The maximum absolute atomic E-state index is 10.3. The SMILES string of the molecule is NC(=O)N/N=C1\C[C@H]2CCC[C@@H]12. The van der Waals surface area contributed by atoms with Crippen LogP contribution in [0.1, 0.15) is 25.7 Å². The summed E-state index contributed by atoms with van der Waals surface area (Å²) in [6.07, 6.45) is 4.94. The number of nitrogens with zero attached hydrogens (tertiary/aromatic N) is 1. The second-order valence-corrected chi connectivity index (χ2v) is 3.58. The highest BCUT2D eigenvalue weighted by Gasteiger charge is 2.40. The predicted molar refractivity (Wildman–Crippen MR) is 45.6 cm³/mol. The molecule has 0 saturated heterocycles. The van der Waals surface area contributed by atoms with Crippen LogP contribution in [0, 0.1) is 11.8 Å². The largest absolute Gasteiger partial charge is 0.350 e. The number of hydrogen-bond donors (Lipinski definition) is 2. The Bertz CT molecular complexity index is 236. The van der Waals surface area contributed by atoms with Gasteiger partial charge in [0, 0.05) is 11.6 Å². The molecule has 0 heterocycles. The first kappa shape index (κ1) is 7.58. The third kappa shape index (κ3) is 1.17. The van der Waals surface area contributed by atoms with E-state index >= 15 is 0 Å². The summed E-state index contributed by atoms with van der Waals surface area (Å²) in [4.78, 5) is 10.3.